The number of thioether (sulfide) groups is 1. The molecule has 1 aliphatic rings. The lowest BCUT2D eigenvalue weighted by Gasteiger charge is -2.09. The molecular formula is C18H20N4S2. The summed E-state index contributed by atoms with van der Waals surface area (Å²) in [5.41, 5.74) is 2.29. The molecule has 1 aromatic carbocycles. The molecule has 0 N–H and O–H groups in total. The van der Waals surface area contributed by atoms with Crippen molar-refractivity contribution < 1.29 is 0 Å². The number of aromatic nitrogens is 4. The molecule has 6 heteroatoms. The lowest BCUT2D eigenvalue weighted by atomic mass is 10.3. The number of hydrogen-bond donors (Lipinski definition) is 0. The Kier molecular flexibility index (Phi) is 4.67. The molecule has 24 heavy (non-hydrogen) atoms. The molecule has 4 rings (SSSR count). The molecule has 0 saturated heterocycles. The van der Waals surface area contributed by atoms with Crippen LogP contribution in [0.3, 0.4) is 0 Å². The molecule has 0 bridgehead atoms. The van der Waals surface area contributed by atoms with Gasteiger partial charge in [0.05, 0.1) is 10.7 Å². The highest BCUT2D eigenvalue weighted by atomic mass is 32.2. The second-order valence-electron chi connectivity index (χ2n) is 6.06. The van der Waals surface area contributed by atoms with Crippen molar-refractivity contribution in [1.29, 1.82) is 0 Å². The quantitative estimate of drug-likeness (QED) is 0.568. The molecule has 0 atom stereocenters. The van der Waals surface area contributed by atoms with E-state index in [1.807, 2.05) is 6.07 Å². The van der Waals surface area contributed by atoms with Gasteiger partial charge in [-0.2, -0.15) is 0 Å². The number of rotatable bonds is 7. The fourth-order valence-corrected chi connectivity index (χ4v) is 4.54. The van der Waals surface area contributed by atoms with Crippen LogP contribution in [0.15, 0.2) is 40.9 Å². The van der Waals surface area contributed by atoms with Crippen LogP contribution in [0.25, 0.3) is 5.69 Å². The summed E-state index contributed by atoms with van der Waals surface area (Å²) in [6.07, 6.45) is 4.67. The average Bonchev–Trinajstić information content (AvgIpc) is 3.21. The number of nitrogens with zero attached hydrogens (tertiary/aromatic N) is 4. The van der Waals surface area contributed by atoms with Crippen LogP contribution in [0.2, 0.25) is 0 Å². The topological polar surface area (TPSA) is 43.6 Å². The van der Waals surface area contributed by atoms with Crippen LogP contribution in [0.5, 0.6) is 0 Å². The Morgan fingerprint density at radius 2 is 2.04 bits per heavy atom. The predicted octanol–water partition coefficient (Wildman–Crippen LogP) is 4.85. The molecule has 3 aromatic rings. The van der Waals surface area contributed by atoms with Crippen molar-refractivity contribution >= 4 is 23.1 Å². The van der Waals surface area contributed by atoms with E-state index in [-0.39, 0.29) is 0 Å². The largest absolute Gasteiger partial charge is 0.274 e. The van der Waals surface area contributed by atoms with Crippen LogP contribution in [0.4, 0.5) is 0 Å². The van der Waals surface area contributed by atoms with Crippen LogP contribution >= 0.6 is 23.1 Å². The molecule has 4 nitrogen and oxygen atoms in total. The van der Waals surface area contributed by atoms with E-state index in [1.165, 1.54) is 17.8 Å². The number of aryl methyl sites for hydroxylation is 1. The summed E-state index contributed by atoms with van der Waals surface area (Å²) in [7, 11) is 0. The molecule has 1 saturated carbocycles. The molecule has 124 valence electrons. The van der Waals surface area contributed by atoms with E-state index >= 15 is 0 Å². The van der Waals surface area contributed by atoms with E-state index in [1.54, 1.807) is 23.1 Å². The lowest BCUT2D eigenvalue weighted by Crippen LogP contribution is -2.01. The minimum Gasteiger partial charge on any atom is -0.274 e. The van der Waals surface area contributed by atoms with E-state index < -0.39 is 0 Å². The van der Waals surface area contributed by atoms with Crippen LogP contribution in [-0.4, -0.2) is 19.7 Å². The molecule has 1 aliphatic carbocycles. The van der Waals surface area contributed by atoms with Gasteiger partial charge in [0.15, 0.2) is 5.16 Å². The van der Waals surface area contributed by atoms with Gasteiger partial charge in [-0.05, 0) is 37.8 Å². The Bertz CT molecular complexity index is 806. The van der Waals surface area contributed by atoms with Crippen molar-refractivity contribution in [3.05, 3.63) is 52.2 Å². The monoisotopic (exact) mass is 356 g/mol. The number of benzene rings is 1. The first-order valence-electron chi connectivity index (χ1n) is 8.42. The van der Waals surface area contributed by atoms with Gasteiger partial charge in [0.25, 0.3) is 0 Å². The van der Waals surface area contributed by atoms with Crippen LogP contribution < -0.4 is 0 Å². The molecule has 2 heterocycles. The van der Waals surface area contributed by atoms with E-state index in [4.69, 9.17) is 4.98 Å². The molecule has 2 aromatic heterocycles. The van der Waals surface area contributed by atoms with Crippen molar-refractivity contribution in [1.82, 2.24) is 19.7 Å². The summed E-state index contributed by atoms with van der Waals surface area (Å²) in [6.45, 7) is 2.19. The van der Waals surface area contributed by atoms with Gasteiger partial charge in [0, 0.05) is 22.7 Å². The first-order chi connectivity index (χ1) is 11.8. The maximum absolute atomic E-state index is 4.71. The zero-order chi connectivity index (χ0) is 16.4. The minimum absolute atomic E-state index is 0.572. The third-order valence-electron chi connectivity index (χ3n) is 4.03. The molecule has 0 aliphatic heterocycles. The van der Waals surface area contributed by atoms with Gasteiger partial charge in [-0.25, -0.2) is 4.98 Å². The fraction of sp³-hybridized carbons (Fsp3) is 0.389. The Labute approximate surface area is 150 Å². The fourth-order valence-electron chi connectivity index (χ4n) is 2.68. The van der Waals surface area contributed by atoms with Crippen molar-refractivity contribution in [2.45, 2.75) is 49.4 Å². The standard InChI is InChI=1S/C18H20N4S2/c1-2-6-16-19-14(11-23-16)12-24-18-21-20-17(13-9-10-13)22(18)15-7-4-3-5-8-15/h3-5,7-8,11,13H,2,6,9-10,12H2,1H3. The SMILES string of the molecule is CCCc1nc(CSc2nnc(C3CC3)n2-c2ccccc2)cs1. The highest BCUT2D eigenvalue weighted by molar-refractivity contribution is 7.98. The van der Waals surface area contributed by atoms with E-state index in [2.05, 4.69) is 51.3 Å². The molecular weight excluding hydrogens is 336 g/mol. The van der Waals surface area contributed by atoms with Gasteiger partial charge >= 0.3 is 0 Å². The van der Waals surface area contributed by atoms with Gasteiger partial charge in [0.1, 0.15) is 5.82 Å². The summed E-state index contributed by atoms with van der Waals surface area (Å²) >= 11 is 3.49. The van der Waals surface area contributed by atoms with Gasteiger partial charge in [-0.1, -0.05) is 36.9 Å². The lowest BCUT2D eigenvalue weighted by molar-refractivity contribution is 0.829. The van der Waals surface area contributed by atoms with Crippen LogP contribution in [-0.2, 0) is 12.2 Å². The summed E-state index contributed by atoms with van der Waals surface area (Å²) in [5, 5.41) is 13.3. The van der Waals surface area contributed by atoms with Crippen molar-refractivity contribution in [2.24, 2.45) is 0 Å². The third-order valence-corrected chi connectivity index (χ3v) is 5.95. The number of para-hydroxylation sites is 1. The average molecular weight is 357 g/mol. The molecule has 0 amide bonds. The molecule has 0 unspecified atom stereocenters. The molecule has 0 spiro atoms. The Morgan fingerprint density at radius 3 is 2.79 bits per heavy atom. The van der Waals surface area contributed by atoms with Gasteiger partial charge < -0.3 is 0 Å². The second-order valence-corrected chi connectivity index (χ2v) is 7.94. The summed E-state index contributed by atoms with van der Waals surface area (Å²) in [5.74, 6) is 2.52. The summed E-state index contributed by atoms with van der Waals surface area (Å²) < 4.78 is 2.22. The number of hydrogen-bond acceptors (Lipinski definition) is 5. The number of thiazole rings is 1. The van der Waals surface area contributed by atoms with Gasteiger partial charge in [-0.15, -0.1) is 21.5 Å². The maximum Gasteiger partial charge on any atom is 0.196 e. The smallest absolute Gasteiger partial charge is 0.196 e. The predicted molar refractivity (Wildman–Crippen MR) is 99.0 cm³/mol. The Hall–Kier alpha value is -1.66. The molecule has 1 fully saturated rings. The van der Waals surface area contributed by atoms with E-state index in [9.17, 15) is 0 Å². The first-order valence-corrected chi connectivity index (χ1v) is 10.3. The Balaban J connectivity index is 1.56. The second kappa shape index (κ2) is 7.07. The molecule has 0 radical (unpaired) electrons. The van der Waals surface area contributed by atoms with Crippen LogP contribution in [0.1, 0.15) is 48.6 Å². The maximum atomic E-state index is 4.71. The first kappa shape index (κ1) is 15.8. The van der Waals surface area contributed by atoms with E-state index in [0.717, 1.165) is 41.0 Å². The summed E-state index contributed by atoms with van der Waals surface area (Å²) in [6, 6.07) is 10.4. The summed E-state index contributed by atoms with van der Waals surface area (Å²) in [4.78, 5) is 4.71. The highest BCUT2D eigenvalue weighted by Gasteiger charge is 2.31. The third kappa shape index (κ3) is 3.39. The van der Waals surface area contributed by atoms with E-state index in [0.29, 0.717) is 5.92 Å². The van der Waals surface area contributed by atoms with Crippen molar-refractivity contribution in [3.8, 4) is 5.69 Å². The van der Waals surface area contributed by atoms with Gasteiger partial charge in [0.2, 0.25) is 0 Å². The van der Waals surface area contributed by atoms with Crippen LogP contribution in [0, 0.1) is 0 Å². The van der Waals surface area contributed by atoms with Gasteiger partial charge in [-0.3, -0.25) is 4.57 Å². The normalized spacial score (nSPS) is 14.2. The van der Waals surface area contributed by atoms with Crippen molar-refractivity contribution in [3.63, 3.8) is 0 Å². The zero-order valence-electron chi connectivity index (χ0n) is 13.7. The van der Waals surface area contributed by atoms with Crippen molar-refractivity contribution in [2.75, 3.05) is 0 Å². The minimum atomic E-state index is 0.572. The zero-order valence-corrected chi connectivity index (χ0v) is 15.3. The Morgan fingerprint density at radius 1 is 1.21 bits per heavy atom. The highest BCUT2D eigenvalue weighted by Crippen LogP contribution is 2.41.